The number of thioether (sulfide) groups is 1. The highest BCUT2D eigenvalue weighted by Gasteiger charge is 2.15. The number of aromatic nitrogens is 2. The zero-order valence-electron chi connectivity index (χ0n) is 19.3. The fourth-order valence-electron chi connectivity index (χ4n) is 3.33. The summed E-state index contributed by atoms with van der Waals surface area (Å²) in [4.78, 5) is 30.4. The largest absolute Gasteiger partial charge is 0.503 e. The van der Waals surface area contributed by atoms with Gasteiger partial charge in [-0.3, -0.25) is 14.2 Å². The highest BCUT2D eigenvalue weighted by atomic mass is 79.9. The van der Waals surface area contributed by atoms with E-state index < -0.39 is 0 Å². The van der Waals surface area contributed by atoms with Crippen molar-refractivity contribution in [3.8, 4) is 22.9 Å². The maximum Gasteiger partial charge on any atom is 0.266 e. The van der Waals surface area contributed by atoms with Crippen LogP contribution in [0.4, 0.5) is 0 Å². The Balaban J connectivity index is 1.54. The summed E-state index contributed by atoms with van der Waals surface area (Å²) in [5.74, 6) is 0.489. The van der Waals surface area contributed by atoms with E-state index in [0.29, 0.717) is 37.5 Å². The molecule has 0 atom stereocenters. The Morgan fingerprint density at radius 3 is 2.64 bits per heavy atom. The summed E-state index contributed by atoms with van der Waals surface area (Å²) in [5.41, 5.74) is 3.97. The van der Waals surface area contributed by atoms with Gasteiger partial charge in [-0.2, -0.15) is 5.10 Å². The highest BCUT2D eigenvalue weighted by Crippen LogP contribution is 2.34. The molecule has 3 aromatic carbocycles. The van der Waals surface area contributed by atoms with Gasteiger partial charge in [0.1, 0.15) is 5.75 Å². The van der Waals surface area contributed by atoms with Crippen LogP contribution in [0.2, 0.25) is 0 Å². The van der Waals surface area contributed by atoms with Gasteiger partial charge in [0.25, 0.3) is 11.5 Å². The zero-order chi connectivity index (χ0) is 25.7. The number of para-hydroxylation sites is 1. The average molecular weight is 569 g/mol. The predicted octanol–water partition coefficient (Wildman–Crippen LogP) is 4.11. The van der Waals surface area contributed by atoms with Crippen LogP contribution in [0.25, 0.3) is 16.6 Å². The van der Waals surface area contributed by atoms with Crippen molar-refractivity contribution < 1.29 is 19.4 Å². The van der Waals surface area contributed by atoms with Crippen molar-refractivity contribution in [2.45, 2.75) is 5.16 Å². The number of rotatable bonds is 8. The number of carbonyl (C=O) groups is 1. The summed E-state index contributed by atoms with van der Waals surface area (Å²) in [6.45, 7) is 0. The maximum atomic E-state index is 13.3. The average Bonchev–Trinajstić information content (AvgIpc) is 2.89. The van der Waals surface area contributed by atoms with E-state index in [1.54, 1.807) is 67.8 Å². The molecule has 184 valence electrons. The van der Waals surface area contributed by atoms with Crippen LogP contribution in [0.3, 0.4) is 0 Å². The van der Waals surface area contributed by atoms with Crippen LogP contribution in [-0.2, 0) is 4.79 Å². The van der Waals surface area contributed by atoms with Gasteiger partial charge in [0.15, 0.2) is 16.7 Å². The van der Waals surface area contributed by atoms with Gasteiger partial charge in [-0.25, -0.2) is 10.4 Å². The molecule has 0 unspecified atom stereocenters. The standard InChI is InChI=1S/C25H21BrN4O5S/c1-34-17-9-7-16(8-10-17)30-24(33)18-5-3-4-6-20(18)28-25(30)36-14-22(31)29-27-13-15-11-19(26)23(32)21(12-15)35-2/h3-13,32H,14H2,1-2H3,(H,29,31). The summed E-state index contributed by atoms with van der Waals surface area (Å²) >= 11 is 4.36. The van der Waals surface area contributed by atoms with Crippen molar-refractivity contribution >= 4 is 50.7 Å². The van der Waals surface area contributed by atoms with Crippen molar-refractivity contribution in [1.82, 2.24) is 15.0 Å². The molecule has 0 aliphatic carbocycles. The number of methoxy groups -OCH3 is 2. The quantitative estimate of drug-likeness (QED) is 0.142. The monoisotopic (exact) mass is 568 g/mol. The van der Waals surface area contributed by atoms with Gasteiger partial charge in [0, 0.05) is 0 Å². The first-order valence-electron chi connectivity index (χ1n) is 10.6. The molecule has 1 heterocycles. The number of amides is 1. The lowest BCUT2D eigenvalue weighted by molar-refractivity contribution is -0.118. The second-order valence-corrected chi connectivity index (χ2v) is 9.18. The number of phenols is 1. The van der Waals surface area contributed by atoms with Gasteiger partial charge >= 0.3 is 0 Å². The van der Waals surface area contributed by atoms with Crippen LogP contribution >= 0.6 is 27.7 Å². The molecule has 0 bridgehead atoms. The third kappa shape index (κ3) is 5.52. The van der Waals surface area contributed by atoms with E-state index in [4.69, 9.17) is 9.47 Å². The van der Waals surface area contributed by atoms with Crippen molar-refractivity contribution in [1.29, 1.82) is 0 Å². The zero-order valence-corrected chi connectivity index (χ0v) is 21.7. The van der Waals surface area contributed by atoms with Crippen molar-refractivity contribution in [2.75, 3.05) is 20.0 Å². The summed E-state index contributed by atoms with van der Waals surface area (Å²) in [7, 11) is 3.01. The first kappa shape index (κ1) is 25.3. The number of phenolic OH excluding ortho intramolecular Hbond substituents is 1. The molecule has 4 aromatic rings. The van der Waals surface area contributed by atoms with Gasteiger partial charge in [-0.05, 0) is 70.0 Å². The highest BCUT2D eigenvalue weighted by molar-refractivity contribution is 9.10. The number of hydrogen-bond acceptors (Lipinski definition) is 8. The molecule has 2 N–H and O–H groups in total. The number of ether oxygens (including phenoxy) is 2. The number of halogens is 1. The number of fused-ring (bicyclic) bond motifs is 1. The third-order valence-electron chi connectivity index (χ3n) is 5.08. The predicted molar refractivity (Wildman–Crippen MR) is 143 cm³/mol. The van der Waals surface area contributed by atoms with Crippen LogP contribution in [0.5, 0.6) is 17.2 Å². The van der Waals surface area contributed by atoms with E-state index in [0.717, 1.165) is 11.8 Å². The van der Waals surface area contributed by atoms with Gasteiger partial charge in [-0.15, -0.1) is 0 Å². The van der Waals surface area contributed by atoms with Crippen molar-refractivity contribution in [3.05, 3.63) is 81.1 Å². The van der Waals surface area contributed by atoms with E-state index in [1.165, 1.54) is 17.9 Å². The van der Waals surface area contributed by atoms with Crippen LogP contribution in [0, 0.1) is 0 Å². The van der Waals surface area contributed by atoms with E-state index in [2.05, 4.69) is 31.4 Å². The Morgan fingerprint density at radius 2 is 1.92 bits per heavy atom. The van der Waals surface area contributed by atoms with Gasteiger partial charge in [0.2, 0.25) is 0 Å². The minimum Gasteiger partial charge on any atom is -0.503 e. The molecule has 0 spiro atoms. The van der Waals surface area contributed by atoms with Gasteiger partial charge in [0.05, 0.1) is 47.3 Å². The van der Waals surface area contributed by atoms with E-state index in [9.17, 15) is 14.7 Å². The van der Waals surface area contributed by atoms with Crippen LogP contribution in [0.1, 0.15) is 5.56 Å². The van der Waals surface area contributed by atoms with E-state index in [-0.39, 0.29) is 28.7 Å². The number of nitrogens with one attached hydrogen (secondary N) is 1. The van der Waals surface area contributed by atoms with Crippen LogP contribution in [0.15, 0.2) is 80.2 Å². The maximum absolute atomic E-state index is 13.3. The molecule has 0 saturated heterocycles. The summed E-state index contributed by atoms with van der Waals surface area (Å²) < 4.78 is 12.2. The molecule has 0 saturated carbocycles. The third-order valence-corrected chi connectivity index (χ3v) is 6.62. The Kier molecular flexibility index (Phi) is 7.91. The minimum atomic E-state index is -0.384. The molecule has 1 amide bonds. The SMILES string of the molecule is COc1ccc(-n2c(SCC(=O)NN=Cc3cc(Br)c(O)c(OC)c3)nc3ccccc3c2=O)cc1. The van der Waals surface area contributed by atoms with Crippen molar-refractivity contribution in [3.63, 3.8) is 0 Å². The molecule has 0 aliphatic rings. The Labute approximate surface area is 218 Å². The Morgan fingerprint density at radius 1 is 1.17 bits per heavy atom. The molecular formula is C25H21BrN4O5S. The number of nitrogens with zero attached hydrogens (tertiary/aromatic N) is 3. The first-order chi connectivity index (χ1) is 17.4. The summed E-state index contributed by atoms with van der Waals surface area (Å²) in [5, 5.41) is 14.7. The molecular weight excluding hydrogens is 548 g/mol. The lowest BCUT2D eigenvalue weighted by Gasteiger charge is -2.13. The summed E-state index contributed by atoms with van der Waals surface area (Å²) in [6, 6.07) is 17.3. The number of hydrogen-bond donors (Lipinski definition) is 2. The first-order valence-corrected chi connectivity index (χ1v) is 12.4. The topological polar surface area (TPSA) is 115 Å². The van der Waals surface area contributed by atoms with Gasteiger partial charge < -0.3 is 14.6 Å². The molecule has 0 fully saturated rings. The summed E-state index contributed by atoms with van der Waals surface area (Å²) in [6.07, 6.45) is 1.43. The normalized spacial score (nSPS) is 11.1. The van der Waals surface area contributed by atoms with E-state index in [1.807, 2.05) is 0 Å². The fraction of sp³-hybridized carbons (Fsp3) is 0.120. The molecule has 1 aromatic heterocycles. The number of aromatic hydroxyl groups is 1. The molecule has 9 nitrogen and oxygen atoms in total. The number of benzene rings is 3. The second kappa shape index (κ2) is 11.3. The molecule has 36 heavy (non-hydrogen) atoms. The lowest BCUT2D eigenvalue weighted by Crippen LogP contribution is -2.24. The van der Waals surface area contributed by atoms with Crippen LogP contribution in [-0.4, -0.2) is 46.8 Å². The van der Waals surface area contributed by atoms with Gasteiger partial charge in [-0.1, -0.05) is 23.9 Å². The second-order valence-electron chi connectivity index (χ2n) is 7.39. The lowest BCUT2D eigenvalue weighted by atomic mass is 10.2. The molecule has 0 radical (unpaired) electrons. The molecule has 4 rings (SSSR count). The molecule has 0 aliphatic heterocycles. The smallest absolute Gasteiger partial charge is 0.266 e. The van der Waals surface area contributed by atoms with Crippen LogP contribution < -0.4 is 20.5 Å². The number of carbonyl (C=O) groups excluding carboxylic acids is 1. The molecule has 11 heteroatoms. The Bertz CT molecular complexity index is 1510. The van der Waals surface area contributed by atoms with Crippen molar-refractivity contribution in [2.24, 2.45) is 5.10 Å². The van der Waals surface area contributed by atoms with E-state index >= 15 is 0 Å². The number of hydrazone groups is 1. The fourth-order valence-corrected chi connectivity index (χ4v) is 4.60. The Hall–Kier alpha value is -3.83. The minimum absolute atomic E-state index is 0.0269.